The highest BCUT2D eigenvalue weighted by Crippen LogP contribution is 2.36. The molecule has 9 heteroatoms. The summed E-state index contributed by atoms with van der Waals surface area (Å²) in [5.41, 5.74) is 4.71. The van der Waals surface area contributed by atoms with Crippen LogP contribution >= 0.6 is 0 Å². The summed E-state index contributed by atoms with van der Waals surface area (Å²) >= 11 is 0. The summed E-state index contributed by atoms with van der Waals surface area (Å²) in [6.45, 7) is 0.505. The van der Waals surface area contributed by atoms with Crippen molar-refractivity contribution in [2.45, 2.75) is 44.6 Å². The van der Waals surface area contributed by atoms with Crippen molar-refractivity contribution in [2.24, 2.45) is 0 Å². The van der Waals surface area contributed by atoms with Crippen LogP contribution in [0.1, 0.15) is 49.1 Å². The number of H-pyrrole nitrogens is 2. The zero-order valence-electron chi connectivity index (χ0n) is 19.1. The van der Waals surface area contributed by atoms with Gasteiger partial charge >= 0.3 is 0 Å². The molecule has 0 saturated heterocycles. The molecule has 1 saturated carbocycles. The molecule has 6 rings (SSSR count). The van der Waals surface area contributed by atoms with E-state index in [0.717, 1.165) is 53.8 Å². The second-order valence-corrected chi connectivity index (χ2v) is 8.93. The molecule has 9 nitrogen and oxygen atoms in total. The monoisotopic (exact) mass is 467 g/mol. The SMILES string of the molecule is O=c1c(C2CCCCC2)c(-c2ccc(OCc3ccccc3)cc2)[nH]c2cc(-c3nnn[nH]3)nn12. The fourth-order valence-electron chi connectivity index (χ4n) is 4.88. The van der Waals surface area contributed by atoms with Gasteiger partial charge in [-0.1, -0.05) is 49.6 Å². The van der Waals surface area contributed by atoms with Crippen molar-refractivity contribution in [3.63, 3.8) is 0 Å². The molecule has 2 N–H and O–H groups in total. The lowest BCUT2D eigenvalue weighted by atomic mass is 9.83. The van der Waals surface area contributed by atoms with Crippen LogP contribution in [-0.4, -0.2) is 35.2 Å². The van der Waals surface area contributed by atoms with Crippen LogP contribution in [0.15, 0.2) is 65.5 Å². The minimum atomic E-state index is -0.0937. The number of benzene rings is 2. The topological polar surface area (TPSA) is 114 Å². The normalized spacial score (nSPS) is 14.4. The van der Waals surface area contributed by atoms with E-state index < -0.39 is 0 Å². The lowest BCUT2D eigenvalue weighted by Gasteiger charge is -2.23. The van der Waals surface area contributed by atoms with Gasteiger partial charge in [-0.3, -0.25) is 4.79 Å². The van der Waals surface area contributed by atoms with Crippen LogP contribution in [-0.2, 0) is 6.61 Å². The number of aromatic amines is 2. The van der Waals surface area contributed by atoms with Crippen molar-refractivity contribution in [3.8, 4) is 28.5 Å². The van der Waals surface area contributed by atoms with Crippen LogP contribution in [0.4, 0.5) is 0 Å². The first-order valence-electron chi connectivity index (χ1n) is 11.9. The molecular weight excluding hydrogens is 442 g/mol. The zero-order valence-corrected chi connectivity index (χ0v) is 19.1. The van der Waals surface area contributed by atoms with Gasteiger partial charge in [0, 0.05) is 11.6 Å². The third-order valence-electron chi connectivity index (χ3n) is 6.65. The van der Waals surface area contributed by atoms with Crippen LogP contribution in [0.3, 0.4) is 0 Å². The highest BCUT2D eigenvalue weighted by atomic mass is 16.5. The van der Waals surface area contributed by atoms with E-state index >= 15 is 0 Å². The standard InChI is InChI=1S/C26H25N7O2/c34-26-23(18-9-5-2-6-10-18)24(27-22-15-21(30-33(22)26)25-28-31-32-29-25)19-11-13-20(14-12-19)35-16-17-7-3-1-4-8-17/h1,3-4,7-8,11-15,18,27H,2,5-6,9-10,16H2,(H,28,29,31,32). The Labute approximate surface area is 201 Å². The summed E-state index contributed by atoms with van der Waals surface area (Å²) in [6.07, 6.45) is 5.47. The summed E-state index contributed by atoms with van der Waals surface area (Å²) < 4.78 is 7.39. The Balaban J connectivity index is 1.39. The van der Waals surface area contributed by atoms with Crippen LogP contribution in [0, 0.1) is 0 Å². The highest BCUT2D eigenvalue weighted by Gasteiger charge is 2.25. The third kappa shape index (κ3) is 4.21. The maximum Gasteiger partial charge on any atom is 0.278 e. The van der Waals surface area contributed by atoms with Gasteiger partial charge < -0.3 is 9.72 Å². The number of tetrazole rings is 1. The molecule has 35 heavy (non-hydrogen) atoms. The Bertz CT molecular complexity index is 1480. The molecule has 5 aromatic rings. The Kier molecular flexibility index (Phi) is 5.57. The van der Waals surface area contributed by atoms with Crippen LogP contribution in [0.5, 0.6) is 5.75 Å². The second kappa shape index (κ2) is 9.17. The third-order valence-corrected chi connectivity index (χ3v) is 6.65. The highest BCUT2D eigenvalue weighted by molar-refractivity contribution is 5.68. The molecule has 3 heterocycles. The summed E-state index contributed by atoms with van der Waals surface area (Å²) in [7, 11) is 0. The van der Waals surface area contributed by atoms with E-state index in [2.05, 4.69) is 30.7 Å². The number of hydrogen-bond donors (Lipinski definition) is 2. The second-order valence-electron chi connectivity index (χ2n) is 8.93. The van der Waals surface area contributed by atoms with E-state index in [1.807, 2.05) is 54.6 Å². The smallest absolute Gasteiger partial charge is 0.278 e. The number of nitrogens with one attached hydrogen (secondary N) is 2. The number of hydrogen-bond acceptors (Lipinski definition) is 6. The van der Waals surface area contributed by atoms with Crippen molar-refractivity contribution in [2.75, 3.05) is 0 Å². The number of ether oxygens (including phenoxy) is 1. The van der Waals surface area contributed by atoms with Gasteiger partial charge in [-0.2, -0.15) is 9.61 Å². The average Bonchev–Trinajstić information content (AvgIpc) is 3.59. The average molecular weight is 468 g/mol. The van der Waals surface area contributed by atoms with Crippen molar-refractivity contribution in [1.29, 1.82) is 0 Å². The van der Waals surface area contributed by atoms with E-state index in [1.165, 1.54) is 10.9 Å². The summed E-state index contributed by atoms with van der Waals surface area (Å²) in [4.78, 5) is 17.2. The zero-order chi connectivity index (χ0) is 23.6. The first-order chi connectivity index (χ1) is 17.3. The first kappa shape index (κ1) is 21.3. The Morgan fingerprint density at radius 3 is 2.54 bits per heavy atom. The fraction of sp³-hybridized carbons (Fsp3) is 0.269. The number of aromatic nitrogens is 7. The van der Waals surface area contributed by atoms with E-state index in [9.17, 15) is 4.79 Å². The molecule has 0 aliphatic heterocycles. The molecule has 0 unspecified atom stereocenters. The lowest BCUT2D eigenvalue weighted by molar-refractivity contribution is 0.306. The summed E-state index contributed by atoms with van der Waals surface area (Å²) in [6, 6.07) is 19.8. The van der Waals surface area contributed by atoms with E-state index in [4.69, 9.17) is 4.74 Å². The van der Waals surface area contributed by atoms with Gasteiger partial charge in [0.15, 0.2) is 5.82 Å². The quantitative estimate of drug-likeness (QED) is 0.380. The molecule has 0 bridgehead atoms. The molecular formula is C26H25N7O2. The maximum atomic E-state index is 13.7. The molecule has 2 aromatic carbocycles. The van der Waals surface area contributed by atoms with Crippen molar-refractivity contribution >= 4 is 5.65 Å². The van der Waals surface area contributed by atoms with Gasteiger partial charge in [-0.15, -0.1) is 5.10 Å². The minimum Gasteiger partial charge on any atom is -0.489 e. The Morgan fingerprint density at radius 1 is 1.00 bits per heavy atom. The predicted octanol–water partition coefficient (Wildman–Crippen LogP) is 4.50. The number of fused-ring (bicyclic) bond motifs is 1. The first-order valence-corrected chi connectivity index (χ1v) is 11.9. The fourth-order valence-corrected chi connectivity index (χ4v) is 4.88. The molecule has 0 radical (unpaired) electrons. The predicted molar refractivity (Wildman–Crippen MR) is 131 cm³/mol. The van der Waals surface area contributed by atoms with Crippen LogP contribution < -0.4 is 10.3 Å². The van der Waals surface area contributed by atoms with Gasteiger partial charge in [-0.05, 0) is 64.6 Å². The van der Waals surface area contributed by atoms with Gasteiger partial charge in [0.05, 0.1) is 5.69 Å². The van der Waals surface area contributed by atoms with E-state index in [0.29, 0.717) is 23.8 Å². The molecule has 0 spiro atoms. The van der Waals surface area contributed by atoms with Crippen LogP contribution in [0.2, 0.25) is 0 Å². The van der Waals surface area contributed by atoms with Crippen molar-refractivity contribution in [1.82, 2.24) is 35.2 Å². The van der Waals surface area contributed by atoms with Crippen molar-refractivity contribution < 1.29 is 4.74 Å². The molecule has 3 aromatic heterocycles. The van der Waals surface area contributed by atoms with E-state index in [1.54, 1.807) is 6.07 Å². The Morgan fingerprint density at radius 2 is 1.80 bits per heavy atom. The van der Waals surface area contributed by atoms with Gasteiger partial charge in [0.1, 0.15) is 23.7 Å². The molecule has 176 valence electrons. The molecule has 0 amide bonds. The van der Waals surface area contributed by atoms with Crippen molar-refractivity contribution in [3.05, 3.63) is 82.1 Å². The summed E-state index contributed by atoms with van der Waals surface area (Å²) in [5.74, 6) is 1.40. The maximum absolute atomic E-state index is 13.7. The largest absolute Gasteiger partial charge is 0.489 e. The molecule has 1 fully saturated rings. The van der Waals surface area contributed by atoms with E-state index in [-0.39, 0.29) is 11.5 Å². The van der Waals surface area contributed by atoms with Crippen LogP contribution in [0.25, 0.3) is 28.4 Å². The molecule has 1 aliphatic carbocycles. The molecule has 1 aliphatic rings. The summed E-state index contributed by atoms with van der Waals surface area (Å²) in [5, 5.41) is 18.4. The van der Waals surface area contributed by atoms with Gasteiger partial charge in [0.2, 0.25) is 0 Å². The number of rotatable bonds is 6. The minimum absolute atomic E-state index is 0.0937. The number of nitrogens with zero attached hydrogens (tertiary/aromatic N) is 5. The van der Waals surface area contributed by atoms with Gasteiger partial charge in [0.25, 0.3) is 5.56 Å². The molecule has 0 atom stereocenters. The van der Waals surface area contributed by atoms with Gasteiger partial charge in [-0.25, -0.2) is 5.10 Å². The Hall–Kier alpha value is -4.27. The lowest BCUT2D eigenvalue weighted by Crippen LogP contribution is -2.25.